The van der Waals surface area contributed by atoms with Crippen LogP contribution in [-0.2, 0) is 22.4 Å². The molecule has 1 aliphatic rings. The maximum absolute atomic E-state index is 14.9. The molecule has 1 N–H and O–H groups in total. The summed E-state index contributed by atoms with van der Waals surface area (Å²) < 4.78 is 40.9. The number of aromatic nitrogens is 1. The van der Waals surface area contributed by atoms with Crippen molar-refractivity contribution in [2.24, 2.45) is 0 Å². The zero-order valence-corrected chi connectivity index (χ0v) is 23.6. The number of ether oxygens (including phenoxy) is 2. The number of nitrogens with zero attached hydrogens (tertiary/aromatic N) is 2. The lowest BCUT2D eigenvalue weighted by atomic mass is 10.0. The van der Waals surface area contributed by atoms with Gasteiger partial charge in [-0.2, -0.15) is 0 Å². The molecular formula is C31H31F2N3O4S. The Kier molecular flexibility index (Phi) is 9.33. The van der Waals surface area contributed by atoms with E-state index in [2.05, 4.69) is 15.2 Å². The Morgan fingerprint density at radius 2 is 1.83 bits per heavy atom. The van der Waals surface area contributed by atoms with E-state index in [9.17, 15) is 18.4 Å². The number of morpholine rings is 1. The molecule has 7 nitrogen and oxygen atoms in total. The highest BCUT2D eigenvalue weighted by molar-refractivity contribution is 7.21. The summed E-state index contributed by atoms with van der Waals surface area (Å²) in [6.07, 6.45) is 2.15. The fourth-order valence-electron chi connectivity index (χ4n) is 4.71. The van der Waals surface area contributed by atoms with E-state index in [1.807, 2.05) is 6.92 Å². The summed E-state index contributed by atoms with van der Waals surface area (Å²) in [6, 6.07) is 12.3. The summed E-state index contributed by atoms with van der Waals surface area (Å²) >= 11 is 1.26. The second-order valence-electron chi connectivity index (χ2n) is 10.0. The smallest absolute Gasteiger partial charge is 0.261 e. The molecule has 1 fully saturated rings. The minimum Gasteiger partial charge on any atom is -0.456 e. The van der Waals surface area contributed by atoms with Crippen LogP contribution in [0.4, 0.5) is 8.78 Å². The lowest BCUT2D eigenvalue weighted by molar-refractivity contribution is -0.117. The number of pyridine rings is 1. The summed E-state index contributed by atoms with van der Waals surface area (Å²) in [6.45, 7) is 6.62. The van der Waals surface area contributed by atoms with E-state index < -0.39 is 11.6 Å². The fraction of sp³-hybridized carbons (Fsp3) is 0.323. The number of rotatable bonds is 11. The van der Waals surface area contributed by atoms with Gasteiger partial charge < -0.3 is 14.8 Å². The second-order valence-corrected chi connectivity index (χ2v) is 11.1. The average molecular weight is 580 g/mol. The number of carbonyl (C=O) groups excluding carboxylic acids is 2. The Balaban J connectivity index is 1.19. The molecule has 2 aromatic carbocycles. The molecule has 1 amide bonds. The number of thiophene rings is 1. The first-order valence-electron chi connectivity index (χ1n) is 13.6. The first-order valence-corrected chi connectivity index (χ1v) is 14.4. The topological polar surface area (TPSA) is 80.8 Å². The maximum atomic E-state index is 14.9. The molecule has 5 rings (SSSR count). The Hall–Kier alpha value is -3.73. The highest BCUT2D eigenvalue weighted by atomic mass is 32.1. The molecule has 0 radical (unpaired) electrons. The van der Waals surface area contributed by atoms with Crippen molar-refractivity contribution >= 4 is 33.2 Å². The summed E-state index contributed by atoms with van der Waals surface area (Å²) in [7, 11) is 0. The molecule has 1 aliphatic heterocycles. The van der Waals surface area contributed by atoms with E-state index >= 15 is 0 Å². The van der Waals surface area contributed by atoms with E-state index in [1.54, 1.807) is 36.5 Å². The molecular weight excluding hydrogens is 548 g/mol. The van der Waals surface area contributed by atoms with Gasteiger partial charge in [-0.15, -0.1) is 11.3 Å². The van der Waals surface area contributed by atoms with Crippen LogP contribution >= 0.6 is 11.3 Å². The van der Waals surface area contributed by atoms with Crippen LogP contribution in [0.1, 0.15) is 32.8 Å². The van der Waals surface area contributed by atoms with Crippen molar-refractivity contribution in [3.8, 4) is 11.5 Å². The number of nitrogens with one attached hydrogen (secondary N) is 1. The zero-order valence-electron chi connectivity index (χ0n) is 22.8. The second kappa shape index (κ2) is 13.3. The van der Waals surface area contributed by atoms with Gasteiger partial charge in [0.25, 0.3) is 5.91 Å². The van der Waals surface area contributed by atoms with Gasteiger partial charge in [0.1, 0.15) is 28.9 Å². The first-order chi connectivity index (χ1) is 19.9. The van der Waals surface area contributed by atoms with Gasteiger partial charge in [-0.1, -0.05) is 23.8 Å². The van der Waals surface area contributed by atoms with Gasteiger partial charge in [0, 0.05) is 50.8 Å². The summed E-state index contributed by atoms with van der Waals surface area (Å²) in [5, 5.41) is 2.97. The third-order valence-corrected chi connectivity index (χ3v) is 8.01. The Morgan fingerprint density at radius 1 is 1.02 bits per heavy atom. The number of hydrogen-bond acceptors (Lipinski definition) is 7. The van der Waals surface area contributed by atoms with Gasteiger partial charge in [0.15, 0.2) is 0 Å². The van der Waals surface area contributed by atoms with Crippen LogP contribution in [0.5, 0.6) is 11.5 Å². The van der Waals surface area contributed by atoms with Crippen molar-refractivity contribution in [2.45, 2.75) is 26.2 Å². The lowest BCUT2D eigenvalue weighted by Crippen LogP contribution is -2.38. The maximum Gasteiger partial charge on any atom is 0.261 e. The fourth-order valence-corrected chi connectivity index (χ4v) is 5.69. The molecule has 0 atom stereocenters. The molecule has 4 aromatic rings. The number of benzene rings is 2. The number of amides is 1. The average Bonchev–Trinajstić information content (AvgIpc) is 3.41. The van der Waals surface area contributed by atoms with Crippen LogP contribution in [-0.4, -0.2) is 61.0 Å². The zero-order chi connectivity index (χ0) is 28.8. The van der Waals surface area contributed by atoms with Crippen LogP contribution < -0.4 is 10.1 Å². The Morgan fingerprint density at radius 3 is 2.63 bits per heavy atom. The predicted octanol–water partition coefficient (Wildman–Crippen LogP) is 5.48. The van der Waals surface area contributed by atoms with E-state index in [0.29, 0.717) is 33.0 Å². The van der Waals surface area contributed by atoms with Crippen molar-refractivity contribution in [1.29, 1.82) is 0 Å². The number of aryl methyl sites for hydroxylation is 1. The van der Waals surface area contributed by atoms with Crippen LogP contribution in [0.3, 0.4) is 0 Å². The van der Waals surface area contributed by atoms with E-state index in [-0.39, 0.29) is 35.8 Å². The summed E-state index contributed by atoms with van der Waals surface area (Å²) in [4.78, 5) is 32.5. The molecule has 10 heteroatoms. The third kappa shape index (κ3) is 7.52. The number of carbonyl (C=O) groups is 2. The highest BCUT2D eigenvalue weighted by Crippen LogP contribution is 2.35. The Labute approximate surface area is 241 Å². The van der Waals surface area contributed by atoms with Crippen molar-refractivity contribution in [3.05, 3.63) is 87.9 Å². The molecule has 0 bridgehead atoms. The number of fused-ring (bicyclic) bond motifs is 1. The van der Waals surface area contributed by atoms with Gasteiger partial charge in [0.2, 0.25) is 0 Å². The van der Waals surface area contributed by atoms with Gasteiger partial charge in [-0.25, -0.2) is 8.78 Å². The van der Waals surface area contributed by atoms with Crippen molar-refractivity contribution in [3.63, 3.8) is 0 Å². The predicted molar refractivity (Wildman–Crippen MR) is 154 cm³/mol. The van der Waals surface area contributed by atoms with Crippen molar-refractivity contribution < 1.29 is 27.8 Å². The third-order valence-electron chi connectivity index (χ3n) is 6.87. The standard InChI is InChI=1S/C31H31F2N3O4S/c1-20-3-6-25(32)22(15-20)17-23(37)16-21-4-5-24(18-26(21)33)40-28-7-9-34-27-19-29(41-30(27)28)31(38)35-8-2-10-36-11-13-39-14-12-36/h3-7,9,15,18-19H,2,8,10-14,16-17H2,1H3,(H,35,38). The molecule has 3 heterocycles. The van der Waals surface area contributed by atoms with Gasteiger partial charge >= 0.3 is 0 Å². The van der Waals surface area contributed by atoms with Crippen LogP contribution in [0.2, 0.25) is 0 Å². The van der Waals surface area contributed by atoms with E-state index in [0.717, 1.165) is 44.8 Å². The molecule has 0 aliphatic carbocycles. The van der Waals surface area contributed by atoms with E-state index in [4.69, 9.17) is 9.47 Å². The minimum atomic E-state index is -0.589. The number of Topliss-reactive ketones (excluding diaryl/α,β-unsaturated/α-hetero) is 1. The Bertz CT molecular complexity index is 1550. The van der Waals surface area contributed by atoms with Gasteiger partial charge in [-0.05, 0) is 49.2 Å². The number of ketones is 1. The summed E-state index contributed by atoms with van der Waals surface area (Å²) in [5.41, 5.74) is 1.97. The number of hydrogen-bond donors (Lipinski definition) is 1. The molecule has 1 saturated heterocycles. The molecule has 41 heavy (non-hydrogen) atoms. The largest absolute Gasteiger partial charge is 0.456 e. The lowest BCUT2D eigenvalue weighted by Gasteiger charge is -2.26. The van der Waals surface area contributed by atoms with Gasteiger partial charge in [-0.3, -0.25) is 19.5 Å². The normalized spacial score (nSPS) is 13.8. The SMILES string of the molecule is Cc1ccc(F)c(CC(=O)Cc2ccc(Oc3ccnc4cc(C(=O)NCCCN5CCOCC5)sc34)cc2F)c1. The molecule has 214 valence electrons. The number of halogens is 2. The summed E-state index contributed by atoms with van der Waals surface area (Å²) in [5.74, 6) is -0.804. The van der Waals surface area contributed by atoms with Crippen molar-refractivity contribution in [1.82, 2.24) is 15.2 Å². The van der Waals surface area contributed by atoms with Crippen LogP contribution in [0.15, 0.2) is 54.7 Å². The minimum absolute atomic E-state index is 0.109. The first kappa shape index (κ1) is 28.8. The highest BCUT2D eigenvalue weighted by Gasteiger charge is 2.17. The van der Waals surface area contributed by atoms with Crippen LogP contribution in [0.25, 0.3) is 10.2 Å². The molecule has 0 saturated carbocycles. The quantitative estimate of drug-likeness (QED) is 0.237. The molecule has 0 unspecified atom stereocenters. The van der Waals surface area contributed by atoms with E-state index in [1.165, 1.54) is 29.5 Å². The molecule has 2 aromatic heterocycles. The van der Waals surface area contributed by atoms with Crippen LogP contribution in [0, 0.1) is 18.6 Å². The van der Waals surface area contributed by atoms with Crippen molar-refractivity contribution in [2.75, 3.05) is 39.4 Å². The van der Waals surface area contributed by atoms with Gasteiger partial charge in [0.05, 0.1) is 28.3 Å². The molecule has 0 spiro atoms. The monoisotopic (exact) mass is 579 g/mol.